The minimum atomic E-state index is -4.41. The first-order valence-electron chi connectivity index (χ1n) is 10.8. The van der Waals surface area contributed by atoms with Gasteiger partial charge in [-0.15, -0.1) is 0 Å². The lowest BCUT2D eigenvalue weighted by molar-refractivity contribution is -0.137. The van der Waals surface area contributed by atoms with Gasteiger partial charge in [0.1, 0.15) is 11.8 Å². The van der Waals surface area contributed by atoms with Gasteiger partial charge in [-0.2, -0.15) is 13.2 Å². The van der Waals surface area contributed by atoms with Crippen LogP contribution in [0.5, 0.6) is 17.2 Å². The Morgan fingerprint density at radius 3 is 2.11 bits per heavy atom. The van der Waals surface area contributed by atoms with E-state index < -0.39 is 23.7 Å². The number of nitrogens with two attached hydrogens (primary N) is 1. The molecule has 1 atom stereocenters. The van der Waals surface area contributed by atoms with Crippen LogP contribution in [-0.4, -0.2) is 33.8 Å². The number of carbonyl (C=O) groups is 1. The minimum absolute atomic E-state index is 0.169. The number of benzene rings is 3. The largest absolute Gasteiger partial charge is 0.496 e. The van der Waals surface area contributed by atoms with Gasteiger partial charge in [-0.25, -0.2) is 0 Å². The first kappa shape index (κ1) is 25.9. The summed E-state index contributed by atoms with van der Waals surface area (Å²) in [5, 5.41) is 0. The molecule has 2 N–H and O–H groups in total. The molecule has 1 amide bonds. The molecule has 1 unspecified atom stereocenters. The number of hydrogen-bond acceptors (Lipinski definition) is 5. The molecular formula is C26H27F3N2O4. The predicted octanol–water partition coefficient (Wildman–Crippen LogP) is 5.01. The molecule has 0 saturated carbocycles. The second-order valence-electron chi connectivity index (χ2n) is 7.69. The third-order valence-corrected chi connectivity index (χ3v) is 5.59. The van der Waals surface area contributed by atoms with Crippen LogP contribution < -0.4 is 24.8 Å². The van der Waals surface area contributed by atoms with Gasteiger partial charge in [0.15, 0.2) is 11.5 Å². The van der Waals surface area contributed by atoms with E-state index in [1.54, 1.807) is 42.5 Å². The van der Waals surface area contributed by atoms with Crippen molar-refractivity contribution >= 4 is 11.6 Å². The molecule has 0 saturated heterocycles. The average molecular weight is 489 g/mol. The number of hydrogen-bond donors (Lipinski definition) is 1. The molecule has 0 aliphatic rings. The van der Waals surface area contributed by atoms with Gasteiger partial charge in [0.05, 0.1) is 26.9 Å². The summed E-state index contributed by atoms with van der Waals surface area (Å²) in [6.45, 7) is 0.169. The monoisotopic (exact) mass is 488 g/mol. The first-order chi connectivity index (χ1) is 16.7. The second kappa shape index (κ2) is 11.1. The van der Waals surface area contributed by atoms with Gasteiger partial charge in [-0.05, 0) is 42.3 Å². The lowest BCUT2D eigenvalue weighted by atomic mass is 10.0. The Labute approximate surface area is 202 Å². The van der Waals surface area contributed by atoms with Crippen LogP contribution in [0.4, 0.5) is 18.9 Å². The van der Waals surface area contributed by atoms with E-state index in [-0.39, 0.29) is 6.54 Å². The smallest absolute Gasteiger partial charge is 0.416 e. The molecule has 0 aromatic heterocycles. The highest BCUT2D eigenvalue weighted by atomic mass is 19.4. The molecule has 3 aromatic carbocycles. The number of amides is 1. The molecule has 0 radical (unpaired) electrons. The summed E-state index contributed by atoms with van der Waals surface area (Å²) < 4.78 is 54.7. The van der Waals surface area contributed by atoms with E-state index in [0.29, 0.717) is 40.5 Å². The molecule has 35 heavy (non-hydrogen) atoms. The van der Waals surface area contributed by atoms with Gasteiger partial charge >= 0.3 is 6.18 Å². The summed E-state index contributed by atoms with van der Waals surface area (Å²) in [5.74, 6) is 0.973. The summed E-state index contributed by atoms with van der Waals surface area (Å²) in [6.07, 6.45) is -4.11. The standard InChI is InChI=1S/C26H27F3N2O4/c1-33-21-7-5-4-6-20(21)24(30)25(32)31(19-12-13-22(34-2)23(16-19)35-3)15-14-17-8-10-18(11-9-17)26(27,28)29/h4-13,16,24H,14-15,30H2,1-3H3. The quantitative estimate of drug-likeness (QED) is 0.459. The number of carbonyl (C=O) groups excluding carboxylic acids is 1. The third kappa shape index (κ3) is 6.05. The normalized spacial score (nSPS) is 12.1. The number of alkyl halides is 3. The summed E-state index contributed by atoms with van der Waals surface area (Å²) >= 11 is 0. The summed E-state index contributed by atoms with van der Waals surface area (Å²) in [4.78, 5) is 15.1. The fraction of sp³-hybridized carbons (Fsp3) is 0.269. The van der Waals surface area contributed by atoms with Crippen molar-refractivity contribution in [2.24, 2.45) is 5.73 Å². The molecule has 0 spiro atoms. The Morgan fingerprint density at radius 1 is 0.886 bits per heavy atom. The topological polar surface area (TPSA) is 74.0 Å². The Morgan fingerprint density at radius 2 is 1.51 bits per heavy atom. The van der Waals surface area contributed by atoms with Crippen LogP contribution in [0.15, 0.2) is 66.7 Å². The average Bonchev–Trinajstić information content (AvgIpc) is 2.87. The third-order valence-electron chi connectivity index (χ3n) is 5.59. The van der Waals surface area contributed by atoms with Crippen LogP contribution in [0.1, 0.15) is 22.7 Å². The summed E-state index contributed by atoms with van der Waals surface area (Å²) in [6, 6.07) is 15.8. The number of nitrogens with zero attached hydrogens (tertiary/aromatic N) is 1. The van der Waals surface area contributed by atoms with Crippen molar-refractivity contribution in [3.63, 3.8) is 0 Å². The molecule has 0 aliphatic heterocycles. The van der Waals surface area contributed by atoms with Crippen molar-refractivity contribution in [2.45, 2.75) is 18.6 Å². The van der Waals surface area contributed by atoms with Crippen LogP contribution in [0.25, 0.3) is 0 Å². The van der Waals surface area contributed by atoms with Crippen LogP contribution in [0, 0.1) is 0 Å². The number of ether oxygens (including phenoxy) is 3. The molecule has 0 bridgehead atoms. The van der Waals surface area contributed by atoms with Crippen molar-refractivity contribution in [1.29, 1.82) is 0 Å². The van der Waals surface area contributed by atoms with Crippen molar-refractivity contribution in [3.05, 3.63) is 83.4 Å². The van der Waals surface area contributed by atoms with Crippen molar-refractivity contribution < 1.29 is 32.2 Å². The fourth-order valence-corrected chi connectivity index (χ4v) is 3.68. The molecule has 0 heterocycles. The maximum atomic E-state index is 13.6. The Bertz CT molecular complexity index is 1150. The fourth-order valence-electron chi connectivity index (χ4n) is 3.68. The molecule has 3 aromatic rings. The van der Waals surface area contributed by atoms with E-state index in [1.165, 1.54) is 38.4 Å². The van der Waals surface area contributed by atoms with Crippen LogP contribution >= 0.6 is 0 Å². The predicted molar refractivity (Wildman–Crippen MR) is 127 cm³/mol. The molecule has 0 aliphatic carbocycles. The van der Waals surface area contributed by atoms with Crippen molar-refractivity contribution in [1.82, 2.24) is 0 Å². The zero-order valence-corrected chi connectivity index (χ0v) is 19.6. The van der Waals surface area contributed by atoms with Crippen molar-refractivity contribution in [3.8, 4) is 17.2 Å². The highest BCUT2D eigenvalue weighted by Crippen LogP contribution is 2.34. The molecule has 186 valence electrons. The van der Waals surface area contributed by atoms with E-state index in [4.69, 9.17) is 19.9 Å². The summed E-state index contributed by atoms with van der Waals surface area (Å²) in [5.41, 5.74) is 7.29. The maximum absolute atomic E-state index is 13.6. The number of anilines is 1. The highest BCUT2D eigenvalue weighted by molar-refractivity contribution is 5.98. The molecule has 3 rings (SSSR count). The Balaban J connectivity index is 1.93. The van der Waals surface area contributed by atoms with Crippen LogP contribution in [0.3, 0.4) is 0 Å². The lowest BCUT2D eigenvalue weighted by Crippen LogP contribution is -2.40. The second-order valence-corrected chi connectivity index (χ2v) is 7.69. The Kier molecular flexibility index (Phi) is 8.24. The minimum Gasteiger partial charge on any atom is -0.496 e. The van der Waals surface area contributed by atoms with E-state index in [1.807, 2.05) is 0 Å². The first-order valence-corrected chi connectivity index (χ1v) is 10.8. The van der Waals surface area contributed by atoms with E-state index in [9.17, 15) is 18.0 Å². The maximum Gasteiger partial charge on any atom is 0.416 e. The zero-order chi connectivity index (χ0) is 25.6. The lowest BCUT2D eigenvalue weighted by Gasteiger charge is -2.27. The summed E-state index contributed by atoms with van der Waals surface area (Å²) in [7, 11) is 4.48. The van der Waals surface area contributed by atoms with Gasteiger partial charge in [-0.3, -0.25) is 4.79 Å². The van der Waals surface area contributed by atoms with Gasteiger partial charge in [0.25, 0.3) is 0 Å². The van der Waals surface area contributed by atoms with Gasteiger partial charge in [0, 0.05) is 23.9 Å². The molecular weight excluding hydrogens is 461 g/mol. The van der Waals surface area contributed by atoms with E-state index in [2.05, 4.69) is 0 Å². The van der Waals surface area contributed by atoms with Gasteiger partial charge < -0.3 is 24.8 Å². The number of para-hydroxylation sites is 1. The molecule has 0 fully saturated rings. The van der Waals surface area contributed by atoms with Crippen molar-refractivity contribution in [2.75, 3.05) is 32.8 Å². The number of methoxy groups -OCH3 is 3. The van der Waals surface area contributed by atoms with Crippen LogP contribution in [-0.2, 0) is 17.4 Å². The van der Waals surface area contributed by atoms with E-state index >= 15 is 0 Å². The highest BCUT2D eigenvalue weighted by Gasteiger charge is 2.30. The molecule has 9 heteroatoms. The van der Waals surface area contributed by atoms with Gasteiger partial charge in [-0.1, -0.05) is 30.3 Å². The SMILES string of the molecule is COc1ccc(N(CCc2ccc(C(F)(F)F)cc2)C(=O)C(N)c2ccccc2OC)cc1OC. The number of halogens is 3. The number of rotatable bonds is 9. The zero-order valence-electron chi connectivity index (χ0n) is 19.6. The Hall–Kier alpha value is -3.72. The molecule has 6 nitrogen and oxygen atoms in total. The van der Waals surface area contributed by atoms with Crippen LogP contribution in [0.2, 0.25) is 0 Å². The van der Waals surface area contributed by atoms with E-state index in [0.717, 1.165) is 12.1 Å². The van der Waals surface area contributed by atoms with Gasteiger partial charge in [0.2, 0.25) is 5.91 Å².